The molecular weight excluding hydrogens is 256 g/mol. The first-order valence-corrected chi connectivity index (χ1v) is 8.28. The lowest BCUT2D eigenvalue weighted by molar-refractivity contribution is 0.111. The van der Waals surface area contributed by atoms with E-state index in [-0.39, 0.29) is 6.10 Å². The van der Waals surface area contributed by atoms with E-state index in [9.17, 15) is 0 Å². The molecule has 1 aromatic heterocycles. The lowest BCUT2D eigenvalue weighted by atomic mass is 10.1. The van der Waals surface area contributed by atoms with Gasteiger partial charge in [0.25, 0.3) is 0 Å². The van der Waals surface area contributed by atoms with Crippen LogP contribution in [0.3, 0.4) is 0 Å². The molecule has 0 saturated carbocycles. The molecule has 0 radical (unpaired) electrons. The second-order valence-electron chi connectivity index (χ2n) is 5.71. The smallest absolute Gasteiger partial charge is 0.122 e. The highest BCUT2D eigenvalue weighted by atomic mass is 32.1. The Labute approximate surface area is 120 Å². The van der Waals surface area contributed by atoms with Crippen LogP contribution >= 0.6 is 11.3 Å². The summed E-state index contributed by atoms with van der Waals surface area (Å²) >= 11 is 1.84. The first kappa shape index (κ1) is 14.9. The topological polar surface area (TPSA) is 34.1 Å². The van der Waals surface area contributed by atoms with E-state index < -0.39 is 0 Å². The maximum atomic E-state index is 5.76. The van der Waals surface area contributed by atoms with Gasteiger partial charge >= 0.3 is 0 Å². The Balaban J connectivity index is 2.10. The zero-order valence-corrected chi connectivity index (χ0v) is 13.3. The molecule has 19 heavy (non-hydrogen) atoms. The predicted molar refractivity (Wildman–Crippen MR) is 80.7 cm³/mol. The van der Waals surface area contributed by atoms with Gasteiger partial charge in [-0.1, -0.05) is 20.8 Å². The van der Waals surface area contributed by atoms with Crippen molar-refractivity contribution in [3.8, 4) is 0 Å². The van der Waals surface area contributed by atoms with Crippen molar-refractivity contribution in [2.24, 2.45) is 0 Å². The number of rotatable bonds is 6. The summed E-state index contributed by atoms with van der Waals surface area (Å²) in [5.41, 5.74) is 1.26. The Morgan fingerprint density at radius 1 is 1.42 bits per heavy atom. The normalized spacial score (nSPS) is 21.2. The van der Waals surface area contributed by atoms with Gasteiger partial charge in [0.1, 0.15) is 11.1 Å². The Hall–Kier alpha value is -0.450. The van der Waals surface area contributed by atoms with Crippen LogP contribution in [-0.4, -0.2) is 17.6 Å². The van der Waals surface area contributed by atoms with E-state index in [4.69, 9.17) is 9.72 Å². The van der Waals surface area contributed by atoms with E-state index in [2.05, 4.69) is 33.0 Å². The second-order valence-corrected chi connectivity index (χ2v) is 6.82. The van der Waals surface area contributed by atoms with E-state index >= 15 is 0 Å². The number of aromatic nitrogens is 1. The van der Waals surface area contributed by atoms with Gasteiger partial charge < -0.3 is 10.1 Å². The summed E-state index contributed by atoms with van der Waals surface area (Å²) in [4.78, 5) is 6.24. The Kier molecular flexibility index (Phi) is 5.37. The first-order valence-electron chi connectivity index (χ1n) is 7.46. The molecule has 2 atom stereocenters. The van der Waals surface area contributed by atoms with Gasteiger partial charge in [0.2, 0.25) is 0 Å². The van der Waals surface area contributed by atoms with Gasteiger partial charge in [0, 0.05) is 24.1 Å². The number of nitrogens with one attached hydrogen (secondary N) is 1. The molecule has 4 heteroatoms. The molecule has 2 heterocycles. The van der Waals surface area contributed by atoms with Gasteiger partial charge in [-0.25, -0.2) is 4.98 Å². The predicted octanol–water partition coefficient (Wildman–Crippen LogP) is 4.01. The van der Waals surface area contributed by atoms with Gasteiger partial charge in [-0.2, -0.15) is 0 Å². The highest BCUT2D eigenvalue weighted by Gasteiger charge is 2.24. The van der Waals surface area contributed by atoms with E-state index in [1.165, 1.54) is 22.0 Å². The fourth-order valence-corrected chi connectivity index (χ4v) is 3.54. The third kappa shape index (κ3) is 3.77. The molecule has 1 N–H and O–H groups in total. The molecule has 1 aromatic rings. The van der Waals surface area contributed by atoms with Crippen molar-refractivity contribution < 1.29 is 4.74 Å². The monoisotopic (exact) mass is 282 g/mol. The molecule has 0 spiro atoms. The van der Waals surface area contributed by atoms with E-state index in [0.29, 0.717) is 12.0 Å². The van der Waals surface area contributed by atoms with Crippen molar-refractivity contribution in [1.82, 2.24) is 10.3 Å². The zero-order valence-electron chi connectivity index (χ0n) is 12.5. The van der Waals surface area contributed by atoms with Gasteiger partial charge in [-0.05, 0) is 32.1 Å². The summed E-state index contributed by atoms with van der Waals surface area (Å²) in [7, 11) is 0. The van der Waals surface area contributed by atoms with Crippen molar-refractivity contribution in [2.45, 2.75) is 71.6 Å². The van der Waals surface area contributed by atoms with Crippen LogP contribution in [0, 0.1) is 0 Å². The second kappa shape index (κ2) is 6.82. The summed E-state index contributed by atoms with van der Waals surface area (Å²) < 4.78 is 5.76. The Morgan fingerprint density at radius 3 is 2.79 bits per heavy atom. The number of hydrogen-bond donors (Lipinski definition) is 1. The maximum Gasteiger partial charge on any atom is 0.122 e. The molecule has 0 aliphatic carbocycles. The number of ether oxygens (including phenoxy) is 1. The first-order chi connectivity index (χ1) is 9.11. The minimum atomic E-state index is 0.250. The molecule has 3 nitrogen and oxygen atoms in total. The quantitative estimate of drug-likeness (QED) is 0.856. The molecule has 0 amide bonds. The summed E-state index contributed by atoms with van der Waals surface area (Å²) in [6.07, 6.45) is 3.71. The van der Waals surface area contributed by atoms with Gasteiger partial charge in [0.15, 0.2) is 0 Å². The van der Waals surface area contributed by atoms with E-state index in [1.807, 2.05) is 11.3 Å². The van der Waals surface area contributed by atoms with Crippen molar-refractivity contribution in [3.63, 3.8) is 0 Å². The van der Waals surface area contributed by atoms with E-state index in [1.54, 1.807) is 0 Å². The van der Waals surface area contributed by atoms with Crippen LogP contribution in [0.4, 0.5) is 0 Å². The Bertz CT molecular complexity index is 397. The minimum absolute atomic E-state index is 0.250. The zero-order chi connectivity index (χ0) is 13.8. The number of nitrogens with zero attached hydrogens (tertiary/aromatic N) is 1. The van der Waals surface area contributed by atoms with E-state index in [0.717, 1.165) is 26.0 Å². The summed E-state index contributed by atoms with van der Waals surface area (Å²) in [6.45, 7) is 10.7. The van der Waals surface area contributed by atoms with Crippen molar-refractivity contribution in [1.29, 1.82) is 0 Å². The summed E-state index contributed by atoms with van der Waals surface area (Å²) in [6, 6.07) is 0.563. The van der Waals surface area contributed by atoms with Crippen LogP contribution in [0.2, 0.25) is 0 Å². The van der Waals surface area contributed by atoms with Crippen LogP contribution < -0.4 is 5.32 Å². The fraction of sp³-hybridized carbons (Fsp3) is 0.800. The van der Waals surface area contributed by atoms with Crippen LogP contribution in [0.5, 0.6) is 0 Å². The third-order valence-electron chi connectivity index (χ3n) is 3.72. The standard InChI is InChI=1S/C15H26N2OS/c1-5-11(4)16-9-13-14(10(2)3)17-15(19-13)12-7-6-8-18-12/h10-12,16H,5-9H2,1-4H3. The molecule has 0 aromatic carbocycles. The molecule has 108 valence electrons. The van der Waals surface area contributed by atoms with Gasteiger partial charge in [-0.3, -0.25) is 0 Å². The number of hydrogen-bond acceptors (Lipinski definition) is 4. The molecule has 0 bridgehead atoms. The fourth-order valence-electron chi connectivity index (χ4n) is 2.28. The molecule has 2 rings (SSSR count). The van der Waals surface area contributed by atoms with Crippen molar-refractivity contribution in [2.75, 3.05) is 6.61 Å². The summed E-state index contributed by atoms with van der Waals surface area (Å²) in [5, 5.41) is 4.76. The highest BCUT2D eigenvalue weighted by Crippen LogP contribution is 2.35. The van der Waals surface area contributed by atoms with Crippen LogP contribution in [-0.2, 0) is 11.3 Å². The molecule has 1 aliphatic rings. The molecule has 1 aliphatic heterocycles. The molecule has 1 saturated heterocycles. The lowest BCUT2D eigenvalue weighted by Crippen LogP contribution is -2.24. The molecule has 2 unspecified atom stereocenters. The van der Waals surface area contributed by atoms with Crippen molar-refractivity contribution >= 4 is 11.3 Å². The minimum Gasteiger partial charge on any atom is -0.371 e. The average molecular weight is 282 g/mol. The maximum absolute atomic E-state index is 5.76. The molecule has 1 fully saturated rings. The van der Waals surface area contributed by atoms with Gasteiger partial charge in [0.05, 0.1) is 5.69 Å². The number of thiazole rings is 1. The Morgan fingerprint density at radius 2 is 2.21 bits per heavy atom. The average Bonchev–Trinajstić information content (AvgIpc) is 3.03. The largest absolute Gasteiger partial charge is 0.371 e. The highest BCUT2D eigenvalue weighted by molar-refractivity contribution is 7.11. The van der Waals surface area contributed by atoms with Crippen molar-refractivity contribution in [3.05, 3.63) is 15.6 Å². The van der Waals surface area contributed by atoms with Crippen LogP contribution in [0.15, 0.2) is 0 Å². The summed E-state index contributed by atoms with van der Waals surface area (Å²) in [5.74, 6) is 0.486. The van der Waals surface area contributed by atoms with Gasteiger partial charge in [-0.15, -0.1) is 11.3 Å². The third-order valence-corrected chi connectivity index (χ3v) is 4.88. The van der Waals surface area contributed by atoms with Crippen LogP contribution in [0.1, 0.15) is 74.6 Å². The SMILES string of the molecule is CCC(C)NCc1sc(C2CCCO2)nc1C(C)C. The molecular formula is C15H26N2OS. The lowest BCUT2D eigenvalue weighted by Gasteiger charge is -2.11. The van der Waals surface area contributed by atoms with Crippen LogP contribution in [0.25, 0.3) is 0 Å².